The smallest absolute Gasteiger partial charge is 0.270 e. The van der Waals surface area contributed by atoms with Gasteiger partial charge in [0.1, 0.15) is 6.54 Å². The number of amides is 1. The second-order valence-electron chi connectivity index (χ2n) is 7.19. The molecule has 0 bridgehead atoms. The molecule has 4 rings (SSSR count). The highest BCUT2D eigenvalue weighted by Gasteiger charge is 2.30. The van der Waals surface area contributed by atoms with Crippen molar-refractivity contribution in [3.8, 4) is 0 Å². The molecule has 162 valence electrons. The van der Waals surface area contributed by atoms with Gasteiger partial charge < -0.3 is 9.47 Å². The number of nitro groups is 1. The number of halogens is 1. The zero-order valence-corrected chi connectivity index (χ0v) is 17.9. The molecule has 0 unspecified atom stereocenters. The molecule has 1 aliphatic heterocycles. The van der Waals surface area contributed by atoms with Crippen LogP contribution in [0.3, 0.4) is 0 Å². The van der Waals surface area contributed by atoms with Crippen LogP contribution in [-0.2, 0) is 21.4 Å². The van der Waals surface area contributed by atoms with E-state index in [1.165, 1.54) is 28.6 Å². The number of benzene rings is 2. The summed E-state index contributed by atoms with van der Waals surface area (Å²) < 4.78 is 28.7. The third-order valence-corrected chi connectivity index (χ3v) is 7.43. The number of fused-ring (bicyclic) bond motifs is 1. The van der Waals surface area contributed by atoms with Gasteiger partial charge in [-0.15, -0.1) is 0 Å². The van der Waals surface area contributed by atoms with Crippen LogP contribution in [-0.4, -0.2) is 59.2 Å². The lowest BCUT2D eigenvalue weighted by Crippen LogP contribution is -2.51. The molecular formula is C20H19ClN4O5S. The van der Waals surface area contributed by atoms with E-state index in [4.69, 9.17) is 11.6 Å². The van der Waals surface area contributed by atoms with E-state index < -0.39 is 14.9 Å². The first kappa shape index (κ1) is 21.3. The SMILES string of the molecule is O=C(Cn1ccc2cc([N+](=O)[O-])ccc21)N1CCN(S(=O)(=O)c2cccc(Cl)c2)CC1. The maximum Gasteiger partial charge on any atom is 0.270 e. The molecule has 1 saturated heterocycles. The van der Waals surface area contributed by atoms with E-state index in [9.17, 15) is 23.3 Å². The van der Waals surface area contributed by atoms with Gasteiger partial charge in [-0.1, -0.05) is 17.7 Å². The van der Waals surface area contributed by atoms with Crippen LogP contribution in [0.15, 0.2) is 59.6 Å². The molecular weight excluding hydrogens is 444 g/mol. The van der Waals surface area contributed by atoms with Crippen molar-refractivity contribution in [3.63, 3.8) is 0 Å². The van der Waals surface area contributed by atoms with E-state index in [1.54, 1.807) is 39.9 Å². The molecule has 0 saturated carbocycles. The molecule has 0 radical (unpaired) electrons. The highest BCUT2D eigenvalue weighted by molar-refractivity contribution is 7.89. The summed E-state index contributed by atoms with van der Waals surface area (Å²) in [5.74, 6) is -0.143. The number of carbonyl (C=O) groups excluding carboxylic acids is 1. The Balaban J connectivity index is 1.42. The summed E-state index contributed by atoms with van der Waals surface area (Å²) in [5, 5.41) is 12.0. The molecule has 3 aromatic rings. The van der Waals surface area contributed by atoms with Gasteiger partial charge in [-0.2, -0.15) is 4.31 Å². The van der Waals surface area contributed by atoms with Crippen LogP contribution in [0.5, 0.6) is 0 Å². The molecule has 31 heavy (non-hydrogen) atoms. The zero-order chi connectivity index (χ0) is 22.2. The minimum absolute atomic E-state index is 0.00592. The molecule has 9 nitrogen and oxygen atoms in total. The highest BCUT2D eigenvalue weighted by Crippen LogP contribution is 2.23. The average molecular weight is 463 g/mol. The monoisotopic (exact) mass is 462 g/mol. The molecule has 0 aliphatic carbocycles. The topological polar surface area (TPSA) is 106 Å². The quantitative estimate of drug-likeness (QED) is 0.428. The predicted molar refractivity (Wildman–Crippen MR) is 115 cm³/mol. The molecule has 2 heterocycles. The van der Waals surface area contributed by atoms with Gasteiger partial charge >= 0.3 is 0 Å². The van der Waals surface area contributed by atoms with Crippen LogP contribution in [0, 0.1) is 10.1 Å². The number of non-ortho nitro benzene ring substituents is 1. The first-order chi connectivity index (χ1) is 14.8. The third kappa shape index (κ3) is 4.27. The van der Waals surface area contributed by atoms with Crippen LogP contribution in [0.25, 0.3) is 10.9 Å². The second-order valence-corrected chi connectivity index (χ2v) is 9.56. The number of nitrogens with zero attached hydrogens (tertiary/aromatic N) is 4. The fraction of sp³-hybridized carbons (Fsp3) is 0.250. The molecule has 0 spiro atoms. The van der Waals surface area contributed by atoms with Gasteiger partial charge in [-0.3, -0.25) is 14.9 Å². The minimum Gasteiger partial charge on any atom is -0.339 e. The first-order valence-electron chi connectivity index (χ1n) is 9.52. The van der Waals surface area contributed by atoms with Gasteiger partial charge in [-0.05, 0) is 30.3 Å². The van der Waals surface area contributed by atoms with Gasteiger partial charge in [0.25, 0.3) is 5.69 Å². The van der Waals surface area contributed by atoms with Crippen LogP contribution in [0.2, 0.25) is 5.02 Å². The summed E-state index contributed by atoms with van der Waals surface area (Å²) in [4.78, 5) is 25.0. The van der Waals surface area contributed by atoms with Crippen molar-refractivity contribution < 1.29 is 18.1 Å². The first-order valence-corrected chi connectivity index (χ1v) is 11.3. The van der Waals surface area contributed by atoms with Gasteiger partial charge in [0.05, 0.1) is 9.82 Å². The van der Waals surface area contributed by atoms with Gasteiger partial charge in [0.15, 0.2) is 0 Å². The summed E-state index contributed by atoms with van der Waals surface area (Å²) in [7, 11) is -3.67. The Hall–Kier alpha value is -2.95. The highest BCUT2D eigenvalue weighted by atomic mass is 35.5. The van der Waals surface area contributed by atoms with E-state index in [1.807, 2.05) is 0 Å². The van der Waals surface area contributed by atoms with Crippen molar-refractivity contribution in [3.05, 3.63) is 69.9 Å². The Kier molecular flexibility index (Phi) is 5.69. The number of rotatable bonds is 5. The van der Waals surface area contributed by atoms with Gasteiger partial charge in [0.2, 0.25) is 15.9 Å². The standard InChI is InChI=1S/C20H19ClN4O5S/c21-16-2-1-3-18(13-16)31(29,30)24-10-8-22(9-11-24)20(26)14-23-7-6-15-12-17(25(27)28)4-5-19(15)23/h1-7,12-13H,8-11,14H2. The minimum atomic E-state index is -3.67. The maximum atomic E-state index is 12.8. The second kappa shape index (κ2) is 8.29. The number of carbonyl (C=O) groups is 1. The van der Waals surface area contributed by atoms with E-state index in [0.29, 0.717) is 10.4 Å². The lowest BCUT2D eigenvalue weighted by molar-refractivity contribution is -0.384. The van der Waals surface area contributed by atoms with Crippen molar-refractivity contribution in [1.82, 2.24) is 13.8 Å². The molecule has 1 fully saturated rings. The zero-order valence-electron chi connectivity index (χ0n) is 16.3. The van der Waals surface area contributed by atoms with E-state index in [-0.39, 0.29) is 49.2 Å². The van der Waals surface area contributed by atoms with E-state index in [2.05, 4.69) is 0 Å². The summed E-state index contributed by atoms with van der Waals surface area (Å²) in [6.45, 7) is 1.02. The molecule has 11 heteroatoms. The largest absolute Gasteiger partial charge is 0.339 e. The lowest BCUT2D eigenvalue weighted by Gasteiger charge is -2.34. The van der Waals surface area contributed by atoms with Crippen LogP contribution >= 0.6 is 11.6 Å². The predicted octanol–water partition coefficient (Wildman–Crippen LogP) is 2.74. The van der Waals surface area contributed by atoms with Gasteiger partial charge in [-0.25, -0.2) is 8.42 Å². The van der Waals surface area contributed by atoms with E-state index >= 15 is 0 Å². The van der Waals surface area contributed by atoms with Crippen LogP contribution in [0.1, 0.15) is 0 Å². The number of hydrogen-bond acceptors (Lipinski definition) is 5. The number of piperazine rings is 1. The van der Waals surface area contributed by atoms with E-state index in [0.717, 1.165) is 5.52 Å². The number of sulfonamides is 1. The Morgan fingerprint density at radius 2 is 1.81 bits per heavy atom. The molecule has 0 N–H and O–H groups in total. The van der Waals surface area contributed by atoms with Crippen molar-refractivity contribution in [2.45, 2.75) is 11.4 Å². The average Bonchev–Trinajstić information content (AvgIpc) is 3.15. The Morgan fingerprint density at radius 1 is 1.06 bits per heavy atom. The van der Waals surface area contributed by atoms with Crippen LogP contribution in [0.4, 0.5) is 5.69 Å². The molecule has 1 aliphatic rings. The lowest BCUT2D eigenvalue weighted by atomic mass is 10.2. The molecule has 0 atom stereocenters. The van der Waals surface area contributed by atoms with Crippen LogP contribution < -0.4 is 0 Å². The molecule has 1 aromatic heterocycles. The molecule has 2 aromatic carbocycles. The normalized spacial score (nSPS) is 15.3. The number of aromatic nitrogens is 1. The summed E-state index contributed by atoms with van der Waals surface area (Å²) in [5.41, 5.74) is 0.717. The number of nitro benzene ring substituents is 1. The Morgan fingerprint density at radius 3 is 2.48 bits per heavy atom. The van der Waals surface area contributed by atoms with Gasteiger partial charge in [0, 0.05) is 60.4 Å². The summed E-state index contributed by atoms with van der Waals surface area (Å²) >= 11 is 5.92. The van der Waals surface area contributed by atoms with Crippen molar-refractivity contribution in [2.24, 2.45) is 0 Å². The number of hydrogen-bond donors (Lipinski definition) is 0. The maximum absolute atomic E-state index is 12.8. The Bertz CT molecular complexity index is 1270. The third-order valence-electron chi connectivity index (χ3n) is 5.30. The summed E-state index contributed by atoms with van der Waals surface area (Å²) in [6, 6.07) is 12.3. The van der Waals surface area contributed by atoms with Crippen molar-refractivity contribution in [1.29, 1.82) is 0 Å². The molecule has 1 amide bonds. The Labute approximate surface area is 183 Å². The van der Waals surface area contributed by atoms with Crippen molar-refractivity contribution >= 4 is 44.1 Å². The fourth-order valence-corrected chi connectivity index (χ4v) is 5.36. The fourth-order valence-electron chi connectivity index (χ4n) is 3.64. The summed E-state index contributed by atoms with van der Waals surface area (Å²) in [6.07, 6.45) is 1.71. The van der Waals surface area contributed by atoms with Crippen molar-refractivity contribution in [2.75, 3.05) is 26.2 Å².